The molecule has 200 valence electrons. The van der Waals surface area contributed by atoms with Crippen LogP contribution in [0.5, 0.6) is 0 Å². The Morgan fingerprint density at radius 3 is 2.26 bits per heavy atom. The third-order valence-electron chi connectivity index (χ3n) is 6.02. The SMILES string of the molecule is Cc1cccc(C(F)(F)F)c1C(=O)n1nc(-c2ccc(C(=O)O)cc2)c2c1CCCN2C(=O)OC(C)(C)C. The summed E-state index contributed by atoms with van der Waals surface area (Å²) >= 11 is 0. The van der Waals surface area contributed by atoms with Crippen LogP contribution in [0.3, 0.4) is 0 Å². The summed E-state index contributed by atoms with van der Waals surface area (Å²) in [6.45, 7) is 6.75. The molecule has 2 heterocycles. The number of ether oxygens (including phenoxy) is 1. The molecule has 1 amide bonds. The lowest BCUT2D eigenvalue weighted by Crippen LogP contribution is -2.40. The number of fused-ring (bicyclic) bond motifs is 1. The summed E-state index contributed by atoms with van der Waals surface area (Å²) in [6, 6.07) is 9.11. The standard InChI is InChI=1S/C27H26F3N3O5/c1-15-7-5-8-18(27(28,29)30)20(15)23(34)33-19-9-6-14-32(25(37)38-26(2,3)4)22(19)21(31-33)16-10-12-17(13-11-16)24(35)36/h5,7-8,10-13H,6,9,14H2,1-4H3,(H,35,36). The largest absolute Gasteiger partial charge is 0.478 e. The van der Waals surface area contributed by atoms with Crippen molar-refractivity contribution in [2.24, 2.45) is 0 Å². The first-order valence-corrected chi connectivity index (χ1v) is 11.9. The number of aromatic nitrogens is 2. The molecule has 1 aliphatic heterocycles. The average molecular weight is 530 g/mol. The minimum Gasteiger partial charge on any atom is -0.478 e. The van der Waals surface area contributed by atoms with Crippen molar-refractivity contribution in [1.82, 2.24) is 9.78 Å². The number of alkyl halides is 3. The molecule has 1 N–H and O–H groups in total. The Hall–Kier alpha value is -4.15. The van der Waals surface area contributed by atoms with Crippen LogP contribution >= 0.6 is 0 Å². The van der Waals surface area contributed by atoms with Crippen LogP contribution in [0.2, 0.25) is 0 Å². The Bertz CT molecular complexity index is 1420. The molecule has 0 saturated heterocycles. The second-order valence-corrected chi connectivity index (χ2v) is 9.97. The Labute approximate surface area is 216 Å². The number of carboxylic acids is 1. The molecule has 0 aliphatic carbocycles. The molecule has 0 saturated carbocycles. The number of aromatic carboxylic acids is 1. The number of rotatable bonds is 3. The highest BCUT2D eigenvalue weighted by atomic mass is 19.4. The van der Waals surface area contributed by atoms with Gasteiger partial charge in [0.2, 0.25) is 0 Å². The number of carbonyl (C=O) groups excluding carboxylic acids is 2. The molecule has 4 rings (SSSR count). The highest BCUT2D eigenvalue weighted by molar-refractivity contribution is 6.02. The molecule has 2 aromatic carbocycles. The predicted octanol–water partition coefficient (Wildman–Crippen LogP) is 5.95. The van der Waals surface area contributed by atoms with Gasteiger partial charge in [-0.3, -0.25) is 9.69 Å². The van der Waals surface area contributed by atoms with Crippen LogP contribution in [0.25, 0.3) is 11.3 Å². The first-order valence-electron chi connectivity index (χ1n) is 11.9. The zero-order chi connectivity index (χ0) is 28.0. The van der Waals surface area contributed by atoms with Gasteiger partial charge in [-0.25, -0.2) is 9.59 Å². The Balaban J connectivity index is 1.93. The van der Waals surface area contributed by atoms with E-state index in [0.29, 0.717) is 12.0 Å². The van der Waals surface area contributed by atoms with Crippen molar-refractivity contribution in [3.05, 3.63) is 70.4 Å². The van der Waals surface area contributed by atoms with Crippen molar-refractivity contribution in [2.75, 3.05) is 11.4 Å². The normalized spacial score (nSPS) is 13.7. The Kier molecular flexibility index (Phi) is 6.81. The van der Waals surface area contributed by atoms with Gasteiger partial charge in [0, 0.05) is 12.1 Å². The summed E-state index contributed by atoms with van der Waals surface area (Å²) in [6.07, 6.45) is -4.78. The highest BCUT2D eigenvalue weighted by Gasteiger charge is 2.39. The fraction of sp³-hybridized carbons (Fsp3) is 0.333. The van der Waals surface area contributed by atoms with Crippen LogP contribution in [-0.4, -0.2) is 45.0 Å². The van der Waals surface area contributed by atoms with Crippen molar-refractivity contribution >= 4 is 23.7 Å². The van der Waals surface area contributed by atoms with Gasteiger partial charge in [-0.05, 0) is 64.3 Å². The third-order valence-corrected chi connectivity index (χ3v) is 6.02. The molecule has 8 nitrogen and oxygen atoms in total. The van der Waals surface area contributed by atoms with E-state index in [2.05, 4.69) is 5.10 Å². The number of hydrogen-bond acceptors (Lipinski definition) is 5. The summed E-state index contributed by atoms with van der Waals surface area (Å²) in [4.78, 5) is 39.5. The van der Waals surface area contributed by atoms with Crippen molar-refractivity contribution in [3.8, 4) is 11.3 Å². The minimum atomic E-state index is -4.78. The maximum absolute atomic E-state index is 13.8. The van der Waals surface area contributed by atoms with Gasteiger partial charge in [0.15, 0.2) is 0 Å². The number of nitrogens with zero attached hydrogens (tertiary/aromatic N) is 3. The number of hydrogen-bond donors (Lipinski definition) is 1. The Morgan fingerprint density at radius 1 is 1.03 bits per heavy atom. The molecule has 3 aromatic rings. The van der Waals surface area contributed by atoms with Gasteiger partial charge in [0.05, 0.1) is 28.1 Å². The van der Waals surface area contributed by atoms with E-state index < -0.39 is 40.9 Å². The number of benzene rings is 2. The molecule has 0 atom stereocenters. The van der Waals surface area contributed by atoms with Crippen molar-refractivity contribution in [3.63, 3.8) is 0 Å². The molecule has 1 aliphatic rings. The summed E-state index contributed by atoms with van der Waals surface area (Å²) in [5.41, 5.74) is -1.27. The van der Waals surface area contributed by atoms with E-state index >= 15 is 0 Å². The van der Waals surface area contributed by atoms with E-state index in [1.807, 2.05) is 0 Å². The molecule has 38 heavy (non-hydrogen) atoms. The zero-order valence-electron chi connectivity index (χ0n) is 21.2. The van der Waals surface area contributed by atoms with E-state index in [-0.39, 0.29) is 41.2 Å². The predicted molar refractivity (Wildman–Crippen MR) is 132 cm³/mol. The number of amides is 1. The molecule has 0 bridgehead atoms. The molecule has 1 aromatic heterocycles. The van der Waals surface area contributed by atoms with E-state index in [0.717, 1.165) is 10.7 Å². The second kappa shape index (κ2) is 9.62. The van der Waals surface area contributed by atoms with E-state index in [9.17, 15) is 32.7 Å². The molecule has 0 fully saturated rings. The van der Waals surface area contributed by atoms with Crippen molar-refractivity contribution in [1.29, 1.82) is 0 Å². The van der Waals surface area contributed by atoms with Gasteiger partial charge in [-0.15, -0.1) is 0 Å². The monoisotopic (exact) mass is 529 g/mol. The quantitative estimate of drug-likeness (QED) is 0.450. The van der Waals surface area contributed by atoms with Crippen LogP contribution in [0.15, 0.2) is 42.5 Å². The maximum Gasteiger partial charge on any atom is 0.417 e. The topological polar surface area (TPSA) is 102 Å². The molecule has 0 radical (unpaired) electrons. The fourth-order valence-corrected chi connectivity index (χ4v) is 4.40. The second-order valence-electron chi connectivity index (χ2n) is 9.97. The molecule has 11 heteroatoms. The van der Waals surface area contributed by atoms with Gasteiger partial charge in [-0.1, -0.05) is 24.3 Å². The molecular weight excluding hydrogens is 503 g/mol. The van der Waals surface area contributed by atoms with Gasteiger partial charge in [-0.2, -0.15) is 23.0 Å². The smallest absolute Gasteiger partial charge is 0.417 e. The summed E-state index contributed by atoms with van der Waals surface area (Å²) < 4.78 is 48.0. The minimum absolute atomic E-state index is 0.0110. The first-order chi connectivity index (χ1) is 17.7. The zero-order valence-corrected chi connectivity index (χ0v) is 21.2. The van der Waals surface area contributed by atoms with Gasteiger partial charge in [0.1, 0.15) is 11.3 Å². The lowest BCUT2D eigenvalue weighted by atomic mass is 10.00. The average Bonchev–Trinajstić information content (AvgIpc) is 3.21. The first kappa shape index (κ1) is 26.9. The number of anilines is 1. The van der Waals surface area contributed by atoms with Crippen LogP contribution in [0.4, 0.5) is 23.7 Å². The lowest BCUT2D eigenvalue weighted by molar-refractivity contribution is -0.138. The van der Waals surface area contributed by atoms with Crippen LogP contribution in [0, 0.1) is 6.92 Å². The van der Waals surface area contributed by atoms with Crippen LogP contribution in [0.1, 0.15) is 64.7 Å². The van der Waals surface area contributed by atoms with Gasteiger partial charge < -0.3 is 9.84 Å². The summed E-state index contributed by atoms with van der Waals surface area (Å²) in [5.74, 6) is -2.12. The maximum atomic E-state index is 13.8. The third kappa shape index (κ3) is 5.13. The van der Waals surface area contributed by atoms with Gasteiger partial charge >= 0.3 is 18.2 Å². The molecule has 0 spiro atoms. The van der Waals surface area contributed by atoms with Crippen LogP contribution in [-0.2, 0) is 17.3 Å². The summed E-state index contributed by atoms with van der Waals surface area (Å²) in [5, 5.41) is 13.7. The van der Waals surface area contributed by atoms with E-state index in [1.165, 1.54) is 48.2 Å². The summed E-state index contributed by atoms with van der Waals surface area (Å²) in [7, 11) is 0. The number of aryl methyl sites for hydroxylation is 1. The number of carbonyl (C=O) groups is 3. The molecule has 0 unspecified atom stereocenters. The van der Waals surface area contributed by atoms with Crippen molar-refractivity contribution < 1.29 is 37.4 Å². The number of halogens is 3. The lowest BCUT2D eigenvalue weighted by Gasteiger charge is -2.30. The van der Waals surface area contributed by atoms with Crippen molar-refractivity contribution in [2.45, 2.75) is 52.3 Å². The van der Waals surface area contributed by atoms with E-state index in [1.54, 1.807) is 20.8 Å². The molecular formula is C27H26F3N3O5. The van der Waals surface area contributed by atoms with Crippen LogP contribution < -0.4 is 4.90 Å². The highest BCUT2D eigenvalue weighted by Crippen LogP contribution is 2.40. The number of carboxylic acid groups (broad SMARTS) is 1. The van der Waals surface area contributed by atoms with Gasteiger partial charge in [0.25, 0.3) is 5.91 Å². The Morgan fingerprint density at radius 2 is 1.68 bits per heavy atom. The van der Waals surface area contributed by atoms with E-state index in [4.69, 9.17) is 4.74 Å². The fourth-order valence-electron chi connectivity index (χ4n) is 4.40.